The van der Waals surface area contributed by atoms with Gasteiger partial charge in [-0.1, -0.05) is 23.3 Å². The third-order valence-electron chi connectivity index (χ3n) is 2.56. The molecule has 0 radical (unpaired) electrons. The van der Waals surface area contributed by atoms with E-state index >= 15 is 0 Å². The second-order valence-electron chi connectivity index (χ2n) is 3.27. The summed E-state index contributed by atoms with van der Waals surface area (Å²) in [4.78, 5) is 0. The Hall–Kier alpha value is -0.520. The number of allylic oxidation sites excluding steroid dienone is 4. The van der Waals surface area contributed by atoms with Crippen LogP contribution in [0.2, 0.25) is 0 Å². The second kappa shape index (κ2) is 1.50. The van der Waals surface area contributed by atoms with Gasteiger partial charge in [-0.25, -0.2) is 0 Å². The minimum atomic E-state index is 0.801. The van der Waals surface area contributed by atoms with Gasteiger partial charge in [0.1, 0.15) is 0 Å². The molecule has 0 heterocycles. The van der Waals surface area contributed by atoms with E-state index in [0.717, 1.165) is 11.8 Å². The molecule has 0 unspecified atom stereocenters. The Morgan fingerprint density at radius 2 is 1.78 bits per heavy atom. The van der Waals surface area contributed by atoms with Gasteiger partial charge in [0.25, 0.3) is 0 Å². The van der Waals surface area contributed by atoms with Gasteiger partial charge >= 0.3 is 0 Å². The molecule has 0 atom stereocenters. The summed E-state index contributed by atoms with van der Waals surface area (Å²) in [5.41, 5.74) is 3.19. The molecule has 2 aliphatic carbocycles. The molecule has 0 aliphatic heterocycles. The zero-order valence-corrected chi connectivity index (χ0v) is 6.02. The van der Waals surface area contributed by atoms with E-state index in [4.69, 9.17) is 0 Å². The maximum Gasteiger partial charge on any atom is 0.00104 e. The van der Waals surface area contributed by atoms with Crippen molar-refractivity contribution in [1.29, 1.82) is 0 Å². The van der Waals surface area contributed by atoms with Gasteiger partial charge in [-0.05, 0) is 26.2 Å². The number of rotatable bonds is 0. The molecule has 0 aromatic rings. The fraction of sp³-hybridized carbons (Fsp3) is 0.556. The average molecular weight is 120 g/mol. The third kappa shape index (κ3) is 0.592. The summed E-state index contributed by atoms with van der Waals surface area (Å²) in [6.07, 6.45) is 6.17. The predicted octanol–water partition coefficient (Wildman–Crippen LogP) is 2.53. The van der Waals surface area contributed by atoms with Crippen molar-refractivity contribution < 1.29 is 0 Å². The quantitative estimate of drug-likeness (QED) is 0.431. The van der Waals surface area contributed by atoms with Gasteiger partial charge < -0.3 is 0 Å². The van der Waals surface area contributed by atoms with Gasteiger partial charge in [-0.2, -0.15) is 0 Å². The SMILES string of the molecule is CC1=CC2C=C(C)C1C2. The van der Waals surface area contributed by atoms with E-state index in [2.05, 4.69) is 26.0 Å². The van der Waals surface area contributed by atoms with Gasteiger partial charge in [0.15, 0.2) is 0 Å². The van der Waals surface area contributed by atoms with E-state index in [1.807, 2.05) is 0 Å². The zero-order chi connectivity index (χ0) is 6.43. The van der Waals surface area contributed by atoms with Crippen LogP contribution in [0.3, 0.4) is 0 Å². The van der Waals surface area contributed by atoms with Crippen molar-refractivity contribution in [2.45, 2.75) is 20.3 Å². The summed E-state index contributed by atoms with van der Waals surface area (Å²) in [5.74, 6) is 1.63. The molecule has 0 aromatic heterocycles. The lowest BCUT2D eigenvalue weighted by Gasteiger charge is -2.08. The number of fused-ring (bicyclic) bond motifs is 2. The minimum Gasteiger partial charge on any atom is -0.0781 e. The van der Waals surface area contributed by atoms with E-state index < -0.39 is 0 Å². The molecule has 2 rings (SSSR count). The highest BCUT2D eigenvalue weighted by Crippen LogP contribution is 2.42. The van der Waals surface area contributed by atoms with Gasteiger partial charge in [0.05, 0.1) is 0 Å². The molecule has 48 valence electrons. The van der Waals surface area contributed by atoms with E-state index in [9.17, 15) is 0 Å². The first kappa shape index (κ1) is 5.28. The highest BCUT2D eigenvalue weighted by atomic mass is 14.3. The van der Waals surface area contributed by atoms with Crippen LogP contribution in [-0.4, -0.2) is 0 Å². The molecule has 0 fully saturated rings. The van der Waals surface area contributed by atoms with Crippen LogP contribution in [0.4, 0.5) is 0 Å². The average Bonchev–Trinajstić information content (AvgIpc) is 2.22. The fourth-order valence-corrected chi connectivity index (χ4v) is 2.09. The van der Waals surface area contributed by atoms with Crippen molar-refractivity contribution >= 4 is 0 Å². The first-order valence-corrected chi connectivity index (χ1v) is 3.64. The van der Waals surface area contributed by atoms with Crippen molar-refractivity contribution in [2.24, 2.45) is 11.8 Å². The Kier molecular flexibility index (Phi) is 0.879. The molecule has 9 heavy (non-hydrogen) atoms. The normalized spacial score (nSPS) is 38.9. The van der Waals surface area contributed by atoms with Crippen LogP contribution in [0.5, 0.6) is 0 Å². The Bertz CT molecular complexity index is 176. The lowest BCUT2D eigenvalue weighted by Crippen LogP contribution is -1.94. The summed E-state index contributed by atoms with van der Waals surface area (Å²) in [5, 5.41) is 0. The first-order valence-electron chi connectivity index (χ1n) is 3.64. The lowest BCUT2D eigenvalue weighted by molar-refractivity contribution is 0.693. The summed E-state index contributed by atoms with van der Waals surface area (Å²) in [6.45, 7) is 4.50. The zero-order valence-electron chi connectivity index (χ0n) is 6.02. The fourth-order valence-electron chi connectivity index (χ4n) is 2.09. The Balaban J connectivity index is 2.36. The van der Waals surface area contributed by atoms with Crippen molar-refractivity contribution in [3.05, 3.63) is 23.3 Å². The highest BCUT2D eigenvalue weighted by molar-refractivity contribution is 5.33. The van der Waals surface area contributed by atoms with Crippen LogP contribution < -0.4 is 0 Å². The first-order chi connectivity index (χ1) is 4.27. The van der Waals surface area contributed by atoms with E-state index in [0.29, 0.717) is 0 Å². The lowest BCUT2D eigenvalue weighted by atomic mass is 9.98. The van der Waals surface area contributed by atoms with Crippen LogP contribution >= 0.6 is 0 Å². The van der Waals surface area contributed by atoms with E-state index in [1.54, 1.807) is 11.1 Å². The van der Waals surface area contributed by atoms with Crippen LogP contribution in [-0.2, 0) is 0 Å². The number of hydrogen-bond donors (Lipinski definition) is 0. The van der Waals surface area contributed by atoms with Crippen molar-refractivity contribution in [2.75, 3.05) is 0 Å². The van der Waals surface area contributed by atoms with Crippen LogP contribution in [0.15, 0.2) is 23.3 Å². The standard InChI is InChI=1S/C9H12/c1-6-3-8-4-7(2)9(6)5-8/h3-4,8-9H,5H2,1-2H3. The van der Waals surface area contributed by atoms with Crippen molar-refractivity contribution in [1.82, 2.24) is 0 Å². The summed E-state index contributed by atoms with van der Waals surface area (Å²) in [7, 11) is 0. The Morgan fingerprint density at radius 1 is 1.22 bits per heavy atom. The minimum absolute atomic E-state index is 0.801. The molecule has 0 amide bonds. The maximum atomic E-state index is 2.40. The molecule has 2 aliphatic rings. The molecule has 0 nitrogen and oxygen atoms in total. The summed E-state index contributed by atoms with van der Waals surface area (Å²) in [6, 6.07) is 0. The highest BCUT2D eigenvalue weighted by Gasteiger charge is 2.29. The topological polar surface area (TPSA) is 0 Å². The monoisotopic (exact) mass is 120 g/mol. The molecule has 0 aromatic carbocycles. The Labute approximate surface area is 56.3 Å². The van der Waals surface area contributed by atoms with Gasteiger partial charge in [-0.3, -0.25) is 0 Å². The molecular formula is C9H12. The third-order valence-corrected chi connectivity index (χ3v) is 2.56. The Morgan fingerprint density at radius 3 is 2.00 bits per heavy atom. The molecule has 0 heteroatoms. The van der Waals surface area contributed by atoms with Crippen LogP contribution in [0.25, 0.3) is 0 Å². The summed E-state index contributed by atoms with van der Waals surface area (Å²) >= 11 is 0. The second-order valence-corrected chi connectivity index (χ2v) is 3.27. The summed E-state index contributed by atoms with van der Waals surface area (Å²) < 4.78 is 0. The molecule has 0 saturated carbocycles. The molecule has 0 spiro atoms. The smallest absolute Gasteiger partial charge is 0.00104 e. The van der Waals surface area contributed by atoms with Crippen molar-refractivity contribution in [3.63, 3.8) is 0 Å². The van der Waals surface area contributed by atoms with Crippen molar-refractivity contribution in [3.8, 4) is 0 Å². The van der Waals surface area contributed by atoms with Gasteiger partial charge in [0, 0.05) is 5.92 Å². The van der Waals surface area contributed by atoms with E-state index in [1.165, 1.54) is 6.42 Å². The molecule has 0 saturated heterocycles. The van der Waals surface area contributed by atoms with Gasteiger partial charge in [0.2, 0.25) is 0 Å². The van der Waals surface area contributed by atoms with E-state index in [-0.39, 0.29) is 0 Å². The van der Waals surface area contributed by atoms with Crippen LogP contribution in [0.1, 0.15) is 20.3 Å². The largest absolute Gasteiger partial charge is 0.0781 e. The molecular weight excluding hydrogens is 108 g/mol. The molecule has 0 N–H and O–H groups in total. The van der Waals surface area contributed by atoms with Crippen LogP contribution in [0, 0.1) is 11.8 Å². The predicted molar refractivity (Wildman–Crippen MR) is 39.1 cm³/mol. The van der Waals surface area contributed by atoms with Gasteiger partial charge in [-0.15, -0.1) is 0 Å². The molecule has 2 bridgehead atoms. The maximum absolute atomic E-state index is 2.40. The number of hydrogen-bond acceptors (Lipinski definition) is 0.